The van der Waals surface area contributed by atoms with Crippen molar-refractivity contribution in [3.63, 3.8) is 0 Å². The van der Waals surface area contributed by atoms with E-state index in [4.69, 9.17) is 5.73 Å². The highest BCUT2D eigenvalue weighted by Gasteiger charge is 1.91. The Labute approximate surface area is 98.9 Å². The van der Waals surface area contributed by atoms with Gasteiger partial charge in [-0.25, -0.2) is 0 Å². The Bertz CT molecular complexity index is 265. The Kier molecular flexibility index (Phi) is 9.63. The maximum Gasteiger partial charge on any atom is 0.120 e. The molecule has 0 spiro atoms. The highest BCUT2D eigenvalue weighted by Crippen LogP contribution is 2.06. The van der Waals surface area contributed by atoms with Crippen molar-refractivity contribution >= 4 is 6.29 Å². The van der Waals surface area contributed by atoms with Crippen molar-refractivity contribution in [1.82, 2.24) is 0 Å². The molecule has 0 bridgehead atoms. The zero-order chi connectivity index (χ0) is 12.2. The van der Waals surface area contributed by atoms with Crippen LogP contribution in [0.5, 0.6) is 0 Å². The zero-order valence-electron chi connectivity index (χ0n) is 10.4. The van der Waals surface area contributed by atoms with Gasteiger partial charge in [-0.3, -0.25) is 0 Å². The number of aryl methyl sites for hydroxylation is 2. The van der Waals surface area contributed by atoms with E-state index in [1.807, 2.05) is 0 Å². The minimum absolute atomic E-state index is 0.674. The first-order valence-electron chi connectivity index (χ1n) is 5.93. The molecule has 1 rings (SSSR count). The Balaban J connectivity index is 0.000000487. The Morgan fingerprint density at radius 2 is 1.81 bits per heavy atom. The summed E-state index contributed by atoms with van der Waals surface area (Å²) in [6, 6.07) is 8.47. The number of hydrogen-bond donors (Lipinski definition) is 1. The fraction of sp³-hybridized carbons (Fsp3) is 0.500. The lowest BCUT2D eigenvalue weighted by Gasteiger charge is -1.98. The molecule has 0 atom stereocenters. The molecule has 0 aliphatic carbocycles. The Morgan fingerprint density at radius 1 is 1.25 bits per heavy atom. The van der Waals surface area contributed by atoms with Crippen LogP contribution >= 0.6 is 0 Å². The highest BCUT2D eigenvalue weighted by atomic mass is 16.1. The summed E-state index contributed by atoms with van der Waals surface area (Å²) in [6.45, 7) is 4.95. The molecule has 0 aliphatic rings. The fourth-order valence-electron chi connectivity index (χ4n) is 1.14. The second kappa shape index (κ2) is 10.4. The molecule has 2 heteroatoms. The smallest absolute Gasteiger partial charge is 0.120 e. The standard InChI is InChI=1S/C11H14O.C3H9N/c1-10-5-7-11(8-6-10)4-2-3-9-12;1-2-3-4/h5-9H,2-4H2,1H3;2-4H2,1H3. The summed E-state index contributed by atoms with van der Waals surface area (Å²) < 4.78 is 0. The molecule has 16 heavy (non-hydrogen) atoms. The van der Waals surface area contributed by atoms with Crippen LogP contribution in [0.1, 0.15) is 37.3 Å². The SMILES string of the molecule is CCCN.Cc1ccc(CCCC=O)cc1. The normalized spacial score (nSPS) is 9.19. The Hall–Kier alpha value is -1.15. The van der Waals surface area contributed by atoms with Crippen molar-refractivity contribution in [2.45, 2.75) is 39.5 Å². The van der Waals surface area contributed by atoms with Crippen molar-refractivity contribution in [2.75, 3.05) is 6.54 Å². The maximum absolute atomic E-state index is 10.0. The minimum Gasteiger partial charge on any atom is -0.330 e. The van der Waals surface area contributed by atoms with Gasteiger partial charge in [0.1, 0.15) is 6.29 Å². The first-order chi connectivity index (χ1) is 7.74. The quantitative estimate of drug-likeness (QED) is 0.613. The number of carbonyl (C=O) groups excluding carboxylic acids is 1. The van der Waals surface area contributed by atoms with Gasteiger partial charge in [0.2, 0.25) is 0 Å². The monoisotopic (exact) mass is 221 g/mol. The van der Waals surface area contributed by atoms with Gasteiger partial charge in [0, 0.05) is 6.42 Å². The summed E-state index contributed by atoms with van der Waals surface area (Å²) in [5, 5.41) is 0. The molecule has 0 fully saturated rings. The third-order valence-electron chi connectivity index (χ3n) is 2.20. The fourth-order valence-corrected chi connectivity index (χ4v) is 1.14. The molecule has 0 radical (unpaired) electrons. The number of carbonyl (C=O) groups is 1. The first-order valence-corrected chi connectivity index (χ1v) is 5.93. The summed E-state index contributed by atoms with van der Waals surface area (Å²) in [6.07, 6.45) is 4.73. The summed E-state index contributed by atoms with van der Waals surface area (Å²) in [5.74, 6) is 0. The molecule has 0 saturated heterocycles. The van der Waals surface area contributed by atoms with E-state index in [0.717, 1.165) is 32.1 Å². The van der Waals surface area contributed by atoms with Crippen molar-refractivity contribution < 1.29 is 4.79 Å². The number of benzene rings is 1. The molecule has 1 aromatic carbocycles. The minimum atomic E-state index is 0.674. The van der Waals surface area contributed by atoms with Gasteiger partial charge in [-0.2, -0.15) is 0 Å². The number of nitrogens with two attached hydrogens (primary N) is 1. The van der Waals surface area contributed by atoms with Crippen LogP contribution in [0, 0.1) is 6.92 Å². The molecule has 2 N–H and O–H groups in total. The van der Waals surface area contributed by atoms with E-state index in [2.05, 4.69) is 38.1 Å². The topological polar surface area (TPSA) is 43.1 Å². The zero-order valence-corrected chi connectivity index (χ0v) is 10.4. The van der Waals surface area contributed by atoms with Crippen molar-refractivity contribution in [2.24, 2.45) is 5.73 Å². The number of hydrogen-bond acceptors (Lipinski definition) is 2. The van der Waals surface area contributed by atoms with Gasteiger partial charge in [-0.1, -0.05) is 36.8 Å². The van der Waals surface area contributed by atoms with Crippen LogP contribution in [0.25, 0.3) is 0 Å². The molecular weight excluding hydrogens is 198 g/mol. The Morgan fingerprint density at radius 3 is 2.25 bits per heavy atom. The molecule has 1 aromatic rings. The molecule has 0 unspecified atom stereocenters. The lowest BCUT2D eigenvalue weighted by Crippen LogP contribution is -1.93. The van der Waals surface area contributed by atoms with E-state index in [0.29, 0.717) is 6.42 Å². The summed E-state index contributed by atoms with van der Waals surface area (Å²) >= 11 is 0. The molecule has 2 nitrogen and oxygen atoms in total. The van der Waals surface area contributed by atoms with Gasteiger partial charge in [0.15, 0.2) is 0 Å². The average molecular weight is 221 g/mol. The molecule has 0 saturated carbocycles. The van der Waals surface area contributed by atoms with E-state index in [9.17, 15) is 4.79 Å². The summed E-state index contributed by atoms with van der Waals surface area (Å²) in [5.41, 5.74) is 7.64. The predicted molar refractivity (Wildman–Crippen MR) is 69.5 cm³/mol. The van der Waals surface area contributed by atoms with Crippen molar-refractivity contribution in [3.05, 3.63) is 35.4 Å². The van der Waals surface area contributed by atoms with Gasteiger partial charge < -0.3 is 10.5 Å². The van der Waals surface area contributed by atoms with E-state index in [1.54, 1.807) is 0 Å². The lowest BCUT2D eigenvalue weighted by atomic mass is 10.1. The van der Waals surface area contributed by atoms with Gasteiger partial charge in [0.05, 0.1) is 0 Å². The van der Waals surface area contributed by atoms with E-state index in [-0.39, 0.29) is 0 Å². The van der Waals surface area contributed by atoms with Crippen LogP contribution < -0.4 is 5.73 Å². The third-order valence-corrected chi connectivity index (χ3v) is 2.20. The van der Waals surface area contributed by atoms with Gasteiger partial charge in [0.25, 0.3) is 0 Å². The number of rotatable bonds is 5. The average Bonchev–Trinajstić information content (AvgIpc) is 2.32. The first kappa shape index (κ1) is 14.8. The summed E-state index contributed by atoms with van der Waals surface area (Å²) in [7, 11) is 0. The van der Waals surface area contributed by atoms with Crippen LogP contribution in [0.4, 0.5) is 0 Å². The molecule has 0 heterocycles. The van der Waals surface area contributed by atoms with Gasteiger partial charge >= 0.3 is 0 Å². The molecule has 0 aromatic heterocycles. The maximum atomic E-state index is 10.0. The molecule has 0 aliphatic heterocycles. The molecular formula is C14H23NO. The third kappa shape index (κ3) is 8.18. The van der Waals surface area contributed by atoms with Crippen molar-refractivity contribution in [3.8, 4) is 0 Å². The van der Waals surface area contributed by atoms with Gasteiger partial charge in [-0.15, -0.1) is 0 Å². The summed E-state index contributed by atoms with van der Waals surface area (Å²) in [4.78, 5) is 10.0. The van der Waals surface area contributed by atoms with Gasteiger partial charge in [-0.05, 0) is 38.3 Å². The van der Waals surface area contributed by atoms with Crippen LogP contribution in [-0.4, -0.2) is 12.8 Å². The second-order valence-electron chi connectivity index (χ2n) is 3.83. The van der Waals surface area contributed by atoms with Crippen LogP contribution in [0.2, 0.25) is 0 Å². The lowest BCUT2D eigenvalue weighted by molar-refractivity contribution is -0.107. The van der Waals surface area contributed by atoms with E-state index < -0.39 is 0 Å². The number of aldehydes is 1. The van der Waals surface area contributed by atoms with E-state index in [1.165, 1.54) is 11.1 Å². The number of unbranched alkanes of at least 4 members (excludes halogenated alkanes) is 1. The predicted octanol–water partition coefficient (Wildman–Crippen LogP) is 2.87. The van der Waals surface area contributed by atoms with E-state index >= 15 is 0 Å². The largest absolute Gasteiger partial charge is 0.330 e. The molecule has 90 valence electrons. The van der Waals surface area contributed by atoms with Crippen LogP contribution in [0.15, 0.2) is 24.3 Å². The van der Waals surface area contributed by atoms with Crippen LogP contribution in [0.3, 0.4) is 0 Å². The highest BCUT2D eigenvalue weighted by molar-refractivity contribution is 5.49. The van der Waals surface area contributed by atoms with Crippen molar-refractivity contribution in [1.29, 1.82) is 0 Å². The second-order valence-corrected chi connectivity index (χ2v) is 3.83. The molecule has 0 amide bonds. The van der Waals surface area contributed by atoms with Crippen LogP contribution in [-0.2, 0) is 11.2 Å².